The number of benzene rings is 2. The van der Waals surface area contributed by atoms with Crippen LogP contribution in [-0.2, 0) is 11.3 Å². The third kappa shape index (κ3) is 4.92. The number of para-hydroxylation sites is 2. The summed E-state index contributed by atoms with van der Waals surface area (Å²) in [6.45, 7) is 9.48. The van der Waals surface area contributed by atoms with Gasteiger partial charge in [0, 0.05) is 32.0 Å². The van der Waals surface area contributed by atoms with Crippen LogP contribution < -0.4 is 4.74 Å². The number of nitrogens with zero attached hydrogens (tertiary/aromatic N) is 3. The van der Waals surface area contributed by atoms with Crippen molar-refractivity contribution < 1.29 is 9.53 Å². The lowest BCUT2D eigenvalue weighted by atomic mass is 10.1. The van der Waals surface area contributed by atoms with E-state index in [2.05, 4.69) is 61.7 Å². The largest absolute Gasteiger partial charge is 0.494 e. The van der Waals surface area contributed by atoms with Gasteiger partial charge in [0.15, 0.2) is 0 Å². The number of aryl methyl sites for hydroxylation is 3. The van der Waals surface area contributed by atoms with Crippen molar-refractivity contribution in [3.63, 3.8) is 0 Å². The number of aromatic nitrogens is 2. The number of rotatable bonds is 9. The number of carbonyl (C=O) groups excluding carboxylic acids is 1. The zero-order valence-electron chi connectivity index (χ0n) is 18.9. The second-order valence-electron chi connectivity index (χ2n) is 8.73. The monoisotopic (exact) mass is 419 g/mol. The third-order valence-corrected chi connectivity index (χ3v) is 6.04. The van der Waals surface area contributed by atoms with Crippen LogP contribution in [0.2, 0.25) is 0 Å². The molecule has 3 aromatic rings. The van der Waals surface area contributed by atoms with E-state index in [1.807, 2.05) is 11.0 Å². The molecule has 2 aromatic carbocycles. The highest BCUT2D eigenvalue weighted by molar-refractivity contribution is 5.80. The molecule has 0 unspecified atom stereocenters. The summed E-state index contributed by atoms with van der Waals surface area (Å²) >= 11 is 0. The number of likely N-dealkylation sites (tertiary alicyclic amines) is 1. The molecule has 1 fully saturated rings. The minimum absolute atomic E-state index is 0.164. The van der Waals surface area contributed by atoms with Crippen molar-refractivity contribution in [2.75, 3.05) is 19.7 Å². The topological polar surface area (TPSA) is 47.4 Å². The van der Waals surface area contributed by atoms with Crippen LogP contribution in [-0.4, -0.2) is 40.1 Å². The summed E-state index contributed by atoms with van der Waals surface area (Å²) in [5.74, 6) is 2.40. The summed E-state index contributed by atoms with van der Waals surface area (Å²) in [5, 5.41) is 0. The Labute approximate surface area is 185 Å². The lowest BCUT2D eigenvalue weighted by Gasteiger charge is -2.17. The molecule has 0 N–H and O–H groups in total. The Morgan fingerprint density at radius 3 is 2.61 bits per heavy atom. The highest BCUT2D eigenvalue weighted by Crippen LogP contribution is 2.31. The van der Waals surface area contributed by atoms with Crippen molar-refractivity contribution in [2.45, 2.75) is 58.9 Å². The molecule has 1 aromatic heterocycles. The number of carbonyl (C=O) groups is 1. The van der Waals surface area contributed by atoms with E-state index in [-0.39, 0.29) is 11.8 Å². The zero-order valence-corrected chi connectivity index (χ0v) is 18.9. The van der Waals surface area contributed by atoms with Crippen LogP contribution in [0.25, 0.3) is 11.0 Å². The fraction of sp³-hybridized carbons (Fsp3) is 0.462. The van der Waals surface area contributed by atoms with Gasteiger partial charge in [0.2, 0.25) is 5.91 Å². The third-order valence-electron chi connectivity index (χ3n) is 6.04. The normalized spacial score (nSPS) is 16.4. The van der Waals surface area contributed by atoms with Gasteiger partial charge in [-0.2, -0.15) is 0 Å². The second kappa shape index (κ2) is 9.54. The molecule has 1 aliphatic rings. The van der Waals surface area contributed by atoms with Gasteiger partial charge in [-0.05, 0) is 62.1 Å². The zero-order chi connectivity index (χ0) is 21.8. The van der Waals surface area contributed by atoms with Crippen molar-refractivity contribution in [2.24, 2.45) is 0 Å². The smallest absolute Gasteiger partial charge is 0.223 e. The number of hydrogen-bond donors (Lipinski definition) is 0. The lowest BCUT2D eigenvalue weighted by Crippen LogP contribution is -2.26. The predicted octanol–water partition coefficient (Wildman–Crippen LogP) is 5.24. The van der Waals surface area contributed by atoms with E-state index in [0.717, 1.165) is 61.5 Å². The Morgan fingerprint density at radius 1 is 1.06 bits per heavy atom. The van der Waals surface area contributed by atoms with Gasteiger partial charge >= 0.3 is 0 Å². The molecule has 164 valence electrons. The van der Waals surface area contributed by atoms with Crippen molar-refractivity contribution in [1.29, 1.82) is 0 Å². The van der Waals surface area contributed by atoms with Crippen molar-refractivity contribution >= 4 is 16.9 Å². The van der Waals surface area contributed by atoms with Crippen LogP contribution in [0.3, 0.4) is 0 Å². The molecule has 1 aliphatic heterocycles. The number of imidazole rings is 1. The van der Waals surface area contributed by atoms with Gasteiger partial charge in [-0.3, -0.25) is 4.79 Å². The van der Waals surface area contributed by atoms with Crippen molar-refractivity contribution in [1.82, 2.24) is 14.5 Å². The molecule has 31 heavy (non-hydrogen) atoms. The van der Waals surface area contributed by atoms with Gasteiger partial charge in [-0.25, -0.2) is 4.98 Å². The predicted molar refractivity (Wildman–Crippen MR) is 125 cm³/mol. The van der Waals surface area contributed by atoms with E-state index < -0.39 is 0 Å². The van der Waals surface area contributed by atoms with Crippen LogP contribution in [0.4, 0.5) is 0 Å². The molecule has 4 rings (SSSR count). The van der Waals surface area contributed by atoms with Gasteiger partial charge in [0.05, 0.1) is 17.6 Å². The van der Waals surface area contributed by atoms with Crippen LogP contribution in [0.1, 0.15) is 55.5 Å². The van der Waals surface area contributed by atoms with E-state index in [4.69, 9.17) is 9.72 Å². The maximum absolute atomic E-state index is 12.5. The van der Waals surface area contributed by atoms with Gasteiger partial charge in [0.1, 0.15) is 11.6 Å². The molecular weight excluding hydrogens is 386 g/mol. The number of ether oxygens (including phenoxy) is 1. The molecule has 1 amide bonds. The molecule has 0 radical (unpaired) electrons. The van der Waals surface area contributed by atoms with Crippen molar-refractivity contribution in [3.05, 3.63) is 59.4 Å². The average molecular weight is 420 g/mol. The van der Waals surface area contributed by atoms with Gasteiger partial charge in [0.25, 0.3) is 0 Å². The summed E-state index contributed by atoms with van der Waals surface area (Å²) < 4.78 is 8.33. The van der Waals surface area contributed by atoms with Crippen LogP contribution in [0.15, 0.2) is 42.5 Å². The quantitative estimate of drug-likeness (QED) is 0.446. The first-order valence-electron chi connectivity index (χ1n) is 11.5. The fourth-order valence-corrected chi connectivity index (χ4v) is 4.58. The van der Waals surface area contributed by atoms with Gasteiger partial charge < -0.3 is 14.2 Å². The Morgan fingerprint density at radius 2 is 1.84 bits per heavy atom. The summed E-state index contributed by atoms with van der Waals surface area (Å²) in [6, 6.07) is 14.6. The van der Waals surface area contributed by atoms with E-state index >= 15 is 0 Å². The highest BCUT2D eigenvalue weighted by Gasteiger charge is 2.33. The average Bonchev–Trinajstić information content (AvgIpc) is 3.29. The summed E-state index contributed by atoms with van der Waals surface area (Å²) in [7, 11) is 0. The molecule has 0 spiro atoms. The van der Waals surface area contributed by atoms with Gasteiger partial charge in [-0.15, -0.1) is 0 Å². The minimum atomic E-state index is 0.164. The van der Waals surface area contributed by atoms with Gasteiger partial charge in [-0.1, -0.05) is 31.5 Å². The fourth-order valence-electron chi connectivity index (χ4n) is 4.58. The first-order valence-corrected chi connectivity index (χ1v) is 11.5. The molecule has 0 saturated carbocycles. The Hall–Kier alpha value is -2.82. The standard InChI is InChI=1S/C26H33N3O2/c1-4-5-11-28-18-21(17-25(28)30)26-27-23-9-6-7-10-24(23)29(26)12-8-13-31-22-15-19(2)14-20(3)16-22/h6-7,9-10,14-16,21H,4-5,8,11-13,17-18H2,1-3H3/t21-/m1/s1. The highest BCUT2D eigenvalue weighted by atomic mass is 16.5. The van der Waals surface area contributed by atoms with E-state index in [1.54, 1.807) is 0 Å². The first kappa shape index (κ1) is 21.4. The summed E-state index contributed by atoms with van der Waals surface area (Å²) in [5.41, 5.74) is 4.59. The molecule has 0 aliphatic carbocycles. The maximum atomic E-state index is 12.5. The second-order valence-corrected chi connectivity index (χ2v) is 8.73. The summed E-state index contributed by atoms with van der Waals surface area (Å²) in [4.78, 5) is 19.5. The van der Waals surface area contributed by atoms with Crippen LogP contribution >= 0.6 is 0 Å². The number of unbranched alkanes of at least 4 members (excludes halogenated alkanes) is 1. The lowest BCUT2D eigenvalue weighted by molar-refractivity contribution is -0.127. The molecular formula is C26H33N3O2. The number of fused-ring (bicyclic) bond motifs is 1. The molecule has 1 saturated heterocycles. The molecule has 2 heterocycles. The summed E-state index contributed by atoms with van der Waals surface area (Å²) in [6.07, 6.45) is 3.62. The Bertz CT molecular complexity index is 1040. The number of hydrogen-bond acceptors (Lipinski definition) is 3. The number of amides is 1. The van der Waals surface area contributed by atoms with Crippen LogP contribution in [0.5, 0.6) is 5.75 Å². The Balaban J connectivity index is 1.47. The molecule has 0 bridgehead atoms. The molecule has 1 atom stereocenters. The van der Waals surface area contributed by atoms with E-state index in [1.165, 1.54) is 11.1 Å². The van der Waals surface area contributed by atoms with Crippen LogP contribution in [0, 0.1) is 13.8 Å². The Kier molecular flexibility index (Phi) is 6.59. The SMILES string of the molecule is CCCCN1C[C@H](c2nc3ccccc3n2CCCOc2cc(C)cc(C)c2)CC1=O. The minimum Gasteiger partial charge on any atom is -0.494 e. The first-order chi connectivity index (χ1) is 15.0. The van der Waals surface area contributed by atoms with E-state index in [9.17, 15) is 4.79 Å². The maximum Gasteiger partial charge on any atom is 0.223 e. The molecule has 5 nitrogen and oxygen atoms in total. The van der Waals surface area contributed by atoms with Crippen molar-refractivity contribution in [3.8, 4) is 5.75 Å². The van der Waals surface area contributed by atoms with E-state index in [0.29, 0.717) is 13.0 Å². The molecule has 5 heteroatoms.